The fourth-order valence-corrected chi connectivity index (χ4v) is 2.22. The van der Waals surface area contributed by atoms with Gasteiger partial charge in [0.2, 0.25) is 0 Å². The normalized spacial score (nSPS) is 10.7. The van der Waals surface area contributed by atoms with E-state index in [1.54, 1.807) is 30.3 Å². The zero-order valence-corrected chi connectivity index (χ0v) is 15.1. The van der Waals surface area contributed by atoms with Crippen LogP contribution >= 0.6 is 0 Å². The summed E-state index contributed by atoms with van der Waals surface area (Å²) in [5, 5.41) is 24.1. The van der Waals surface area contributed by atoms with E-state index >= 15 is 0 Å². The molecule has 1 amide bonds. The number of carbonyl (C=O) groups excluding carboxylic acids is 2. The molecule has 0 atom stereocenters. The molecule has 0 spiro atoms. The maximum Gasteiger partial charge on any atom is 0.412 e. The molecule has 0 radical (unpaired) electrons. The van der Waals surface area contributed by atoms with Crippen LogP contribution in [0.1, 0.15) is 11.1 Å². The third-order valence-corrected chi connectivity index (χ3v) is 3.56. The third kappa shape index (κ3) is 5.85. The minimum Gasteiger partial charge on any atom is -0.464 e. The van der Waals surface area contributed by atoms with E-state index < -0.39 is 33.3 Å². The standard InChI is InChI=1S/C18H15N3O8/c1-28-17(22)14(19-18(23)29-11-12-5-3-2-4-6-12)9-13-7-8-15(20(24)25)16(10-13)21(26)27/h2-10H,11H2,1H3,(H,19,23)/b14-9-. The number of rotatable bonds is 7. The van der Waals surface area contributed by atoms with E-state index in [1.807, 2.05) is 0 Å². The molecule has 11 heteroatoms. The van der Waals surface area contributed by atoms with Gasteiger partial charge in [-0.1, -0.05) is 30.3 Å². The molecule has 11 nitrogen and oxygen atoms in total. The van der Waals surface area contributed by atoms with Crippen LogP contribution < -0.4 is 5.32 Å². The smallest absolute Gasteiger partial charge is 0.412 e. The molecule has 0 unspecified atom stereocenters. The summed E-state index contributed by atoms with van der Waals surface area (Å²) in [5.41, 5.74) is -1.06. The lowest BCUT2D eigenvalue weighted by Gasteiger charge is -2.09. The van der Waals surface area contributed by atoms with Crippen LogP contribution in [0.25, 0.3) is 6.08 Å². The Morgan fingerprint density at radius 1 is 1.03 bits per heavy atom. The molecular weight excluding hydrogens is 386 g/mol. The van der Waals surface area contributed by atoms with E-state index in [0.717, 1.165) is 30.9 Å². The van der Waals surface area contributed by atoms with Crippen molar-refractivity contribution in [3.63, 3.8) is 0 Å². The predicted molar refractivity (Wildman–Crippen MR) is 99.5 cm³/mol. The first-order chi connectivity index (χ1) is 13.8. The SMILES string of the molecule is COC(=O)/C(=C/c1ccc([N+](=O)[O-])c([N+](=O)[O-])c1)NC(=O)OCc1ccccc1. The quantitative estimate of drug-likeness (QED) is 0.322. The second kappa shape index (κ2) is 9.60. The van der Waals surface area contributed by atoms with Gasteiger partial charge in [-0.3, -0.25) is 25.5 Å². The van der Waals surface area contributed by atoms with Gasteiger partial charge in [0.05, 0.1) is 17.0 Å². The number of esters is 1. The molecule has 0 fully saturated rings. The Labute approximate surface area is 163 Å². The Hall–Kier alpha value is -4.28. The largest absolute Gasteiger partial charge is 0.464 e. The zero-order chi connectivity index (χ0) is 21.4. The van der Waals surface area contributed by atoms with Crippen LogP contribution in [-0.2, 0) is 20.9 Å². The fourth-order valence-electron chi connectivity index (χ4n) is 2.22. The van der Waals surface area contributed by atoms with Crippen LogP contribution in [0.2, 0.25) is 0 Å². The number of alkyl carbamates (subject to hydrolysis) is 1. The molecule has 2 rings (SSSR count). The maximum atomic E-state index is 12.0. The fraction of sp³-hybridized carbons (Fsp3) is 0.111. The Morgan fingerprint density at radius 3 is 2.28 bits per heavy atom. The Kier molecular flexibility index (Phi) is 6.96. The molecule has 0 bridgehead atoms. The van der Waals surface area contributed by atoms with Crippen LogP contribution in [0.3, 0.4) is 0 Å². The predicted octanol–water partition coefficient (Wildman–Crippen LogP) is 2.94. The number of benzene rings is 2. The van der Waals surface area contributed by atoms with Gasteiger partial charge in [0.15, 0.2) is 0 Å². The summed E-state index contributed by atoms with van der Waals surface area (Å²) in [4.78, 5) is 44.0. The van der Waals surface area contributed by atoms with Crippen LogP contribution in [-0.4, -0.2) is 29.0 Å². The second-order valence-corrected chi connectivity index (χ2v) is 5.50. The summed E-state index contributed by atoms with van der Waals surface area (Å²) < 4.78 is 9.58. The van der Waals surface area contributed by atoms with Gasteiger partial charge in [0.1, 0.15) is 12.3 Å². The molecule has 0 aliphatic carbocycles. The van der Waals surface area contributed by atoms with Gasteiger partial charge < -0.3 is 9.47 Å². The highest BCUT2D eigenvalue weighted by Crippen LogP contribution is 2.28. The number of hydrogen-bond acceptors (Lipinski definition) is 8. The second-order valence-electron chi connectivity index (χ2n) is 5.50. The Morgan fingerprint density at radius 2 is 1.69 bits per heavy atom. The van der Waals surface area contributed by atoms with Gasteiger partial charge in [-0.2, -0.15) is 0 Å². The maximum absolute atomic E-state index is 12.0. The zero-order valence-electron chi connectivity index (χ0n) is 15.1. The van der Waals surface area contributed by atoms with Gasteiger partial charge in [-0.25, -0.2) is 9.59 Å². The lowest BCUT2D eigenvalue weighted by atomic mass is 10.1. The van der Waals surface area contributed by atoms with Crippen molar-refractivity contribution in [2.45, 2.75) is 6.61 Å². The van der Waals surface area contributed by atoms with Crippen LogP contribution in [0.5, 0.6) is 0 Å². The number of nitrogens with one attached hydrogen (secondary N) is 1. The van der Waals surface area contributed by atoms with Crippen molar-refractivity contribution in [2.24, 2.45) is 0 Å². The summed E-state index contributed by atoms with van der Waals surface area (Å²) >= 11 is 0. The minimum atomic E-state index is -0.957. The molecule has 29 heavy (non-hydrogen) atoms. The highest BCUT2D eigenvalue weighted by molar-refractivity contribution is 5.96. The summed E-state index contributed by atoms with van der Waals surface area (Å²) in [5.74, 6) is -0.942. The lowest BCUT2D eigenvalue weighted by Crippen LogP contribution is -2.28. The molecule has 0 saturated carbocycles. The van der Waals surface area contributed by atoms with E-state index in [-0.39, 0.29) is 17.9 Å². The van der Waals surface area contributed by atoms with Crippen molar-refractivity contribution < 1.29 is 28.9 Å². The average Bonchev–Trinajstić information content (AvgIpc) is 2.71. The van der Waals surface area contributed by atoms with Gasteiger partial charge in [0, 0.05) is 12.1 Å². The van der Waals surface area contributed by atoms with E-state index in [2.05, 4.69) is 10.1 Å². The number of carbonyl (C=O) groups is 2. The molecule has 2 aromatic rings. The molecule has 0 aliphatic heterocycles. The number of hydrogen-bond donors (Lipinski definition) is 1. The van der Waals surface area contributed by atoms with Gasteiger partial charge in [-0.05, 0) is 23.3 Å². The molecule has 0 aliphatic rings. The number of nitrogens with zero attached hydrogens (tertiary/aromatic N) is 2. The van der Waals surface area contributed by atoms with Crippen molar-refractivity contribution in [2.75, 3.05) is 7.11 Å². The minimum absolute atomic E-state index is 0.0515. The number of methoxy groups -OCH3 is 1. The van der Waals surface area contributed by atoms with E-state index in [9.17, 15) is 29.8 Å². The van der Waals surface area contributed by atoms with Crippen LogP contribution in [0.15, 0.2) is 54.2 Å². The molecular formula is C18H15N3O8. The summed E-state index contributed by atoms with van der Waals surface area (Å²) in [6.07, 6.45) is 0.119. The van der Waals surface area contributed by atoms with Crippen LogP contribution in [0, 0.1) is 20.2 Å². The van der Waals surface area contributed by atoms with Gasteiger partial charge >= 0.3 is 23.4 Å². The molecule has 0 heterocycles. The highest BCUT2D eigenvalue weighted by atomic mass is 16.6. The Bertz CT molecular complexity index is 972. The van der Waals surface area contributed by atoms with Gasteiger partial charge in [-0.15, -0.1) is 0 Å². The highest BCUT2D eigenvalue weighted by Gasteiger charge is 2.24. The third-order valence-electron chi connectivity index (χ3n) is 3.56. The number of ether oxygens (including phenoxy) is 2. The monoisotopic (exact) mass is 401 g/mol. The number of nitro benzene ring substituents is 2. The first-order valence-corrected chi connectivity index (χ1v) is 8.02. The first kappa shape index (κ1) is 21.0. The summed E-state index contributed by atoms with van der Waals surface area (Å²) in [6.45, 7) is -0.0515. The average molecular weight is 401 g/mol. The van der Waals surface area contributed by atoms with Crippen molar-refractivity contribution in [1.82, 2.24) is 5.32 Å². The topological polar surface area (TPSA) is 151 Å². The molecule has 0 aromatic heterocycles. The number of nitro groups is 2. The molecule has 1 N–H and O–H groups in total. The van der Waals surface area contributed by atoms with Crippen molar-refractivity contribution >= 4 is 29.5 Å². The molecule has 0 saturated heterocycles. The molecule has 2 aromatic carbocycles. The molecule has 150 valence electrons. The Balaban J connectivity index is 2.23. The van der Waals surface area contributed by atoms with Crippen molar-refractivity contribution in [1.29, 1.82) is 0 Å². The van der Waals surface area contributed by atoms with Crippen molar-refractivity contribution in [3.05, 3.63) is 85.6 Å². The van der Waals surface area contributed by atoms with E-state index in [0.29, 0.717) is 0 Å². The number of amides is 1. The van der Waals surface area contributed by atoms with E-state index in [1.165, 1.54) is 6.07 Å². The lowest BCUT2D eigenvalue weighted by molar-refractivity contribution is -0.422. The van der Waals surface area contributed by atoms with E-state index in [4.69, 9.17) is 4.74 Å². The van der Waals surface area contributed by atoms with Crippen LogP contribution in [0.4, 0.5) is 16.2 Å². The van der Waals surface area contributed by atoms with Crippen molar-refractivity contribution in [3.8, 4) is 0 Å². The summed E-state index contributed by atoms with van der Waals surface area (Å²) in [7, 11) is 1.07. The summed E-state index contributed by atoms with van der Waals surface area (Å²) in [6, 6.07) is 11.8. The first-order valence-electron chi connectivity index (χ1n) is 8.02. The van der Waals surface area contributed by atoms with Gasteiger partial charge in [0.25, 0.3) is 0 Å².